The van der Waals surface area contributed by atoms with Crippen molar-refractivity contribution >= 4 is 16.7 Å². The van der Waals surface area contributed by atoms with Gasteiger partial charge in [0.05, 0.1) is 11.7 Å². The van der Waals surface area contributed by atoms with Crippen LogP contribution in [0.2, 0.25) is 0 Å². The average Bonchev–Trinajstić information content (AvgIpc) is 3.46. The van der Waals surface area contributed by atoms with Gasteiger partial charge in [-0.3, -0.25) is 4.79 Å². The summed E-state index contributed by atoms with van der Waals surface area (Å²) in [6.45, 7) is 4.66. The first-order chi connectivity index (χ1) is 14.6. The predicted octanol–water partition coefficient (Wildman–Crippen LogP) is 3.99. The molecule has 30 heavy (non-hydrogen) atoms. The lowest BCUT2D eigenvalue weighted by atomic mass is 9.89. The molecule has 3 aromatic carbocycles. The maximum absolute atomic E-state index is 12.8. The van der Waals surface area contributed by atoms with Gasteiger partial charge in [0.25, 0.3) is 5.91 Å². The van der Waals surface area contributed by atoms with Gasteiger partial charge in [0.1, 0.15) is 5.75 Å². The highest BCUT2D eigenvalue weighted by Gasteiger charge is 2.34. The second-order valence-corrected chi connectivity index (χ2v) is 7.70. The van der Waals surface area contributed by atoms with Crippen molar-refractivity contribution in [1.29, 1.82) is 0 Å². The van der Waals surface area contributed by atoms with E-state index in [-0.39, 0.29) is 25.6 Å². The molecule has 0 bridgehead atoms. The van der Waals surface area contributed by atoms with E-state index >= 15 is 0 Å². The fraction of sp³-hybridized carbons (Fsp3) is 0.261. The molecule has 3 aromatic rings. The smallest absolute Gasteiger partial charge is 0.255 e. The van der Waals surface area contributed by atoms with Gasteiger partial charge in [0.2, 0.25) is 13.6 Å². The quantitative estimate of drug-likeness (QED) is 0.710. The van der Waals surface area contributed by atoms with Crippen LogP contribution in [0.4, 0.5) is 0 Å². The van der Waals surface area contributed by atoms with Gasteiger partial charge in [0.15, 0.2) is 23.0 Å². The fourth-order valence-corrected chi connectivity index (χ4v) is 4.36. The molecule has 0 saturated carbocycles. The molecule has 1 amide bonds. The Hall–Kier alpha value is -3.61. The topological polar surface area (TPSA) is 75.2 Å². The van der Waals surface area contributed by atoms with Crippen molar-refractivity contribution in [3.8, 4) is 39.9 Å². The Labute approximate surface area is 172 Å². The van der Waals surface area contributed by atoms with Crippen molar-refractivity contribution < 1.29 is 28.5 Å². The summed E-state index contributed by atoms with van der Waals surface area (Å²) in [5, 5.41) is 4.64. The van der Waals surface area contributed by atoms with Crippen LogP contribution >= 0.6 is 0 Å². The van der Waals surface area contributed by atoms with Gasteiger partial charge in [-0.25, -0.2) is 0 Å². The van der Waals surface area contributed by atoms with Crippen LogP contribution in [0.25, 0.3) is 21.9 Å². The van der Waals surface area contributed by atoms with Gasteiger partial charge >= 0.3 is 0 Å². The summed E-state index contributed by atoms with van der Waals surface area (Å²) in [5.41, 5.74) is 3.28. The van der Waals surface area contributed by atoms with E-state index in [1.165, 1.54) is 0 Å². The summed E-state index contributed by atoms with van der Waals surface area (Å²) < 4.78 is 28.7. The van der Waals surface area contributed by atoms with E-state index in [2.05, 4.69) is 5.32 Å². The largest absolute Gasteiger partial charge is 0.490 e. The van der Waals surface area contributed by atoms with E-state index in [4.69, 9.17) is 23.7 Å². The first-order valence-electron chi connectivity index (χ1n) is 9.88. The summed E-state index contributed by atoms with van der Waals surface area (Å²) in [5.74, 6) is 3.17. The Morgan fingerprint density at radius 2 is 1.70 bits per heavy atom. The van der Waals surface area contributed by atoms with E-state index in [0.717, 1.165) is 27.5 Å². The Kier molecular flexibility index (Phi) is 3.56. The van der Waals surface area contributed by atoms with Crippen molar-refractivity contribution in [2.24, 2.45) is 0 Å². The number of rotatable bonds is 3. The molecular formula is C23H19NO6. The minimum Gasteiger partial charge on any atom is -0.490 e. The van der Waals surface area contributed by atoms with E-state index in [1.807, 2.05) is 44.2 Å². The summed E-state index contributed by atoms with van der Waals surface area (Å²) in [6.07, 6.45) is -0.0903. The minimum absolute atomic E-state index is 0.0903. The van der Waals surface area contributed by atoms with Gasteiger partial charge in [-0.2, -0.15) is 0 Å². The minimum atomic E-state index is -0.137. The lowest BCUT2D eigenvalue weighted by molar-refractivity contribution is 0.0961. The van der Waals surface area contributed by atoms with Gasteiger partial charge < -0.3 is 29.0 Å². The zero-order valence-electron chi connectivity index (χ0n) is 16.5. The number of hydrogen-bond acceptors (Lipinski definition) is 6. The van der Waals surface area contributed by atoms with Crippen molar-refractivity contribution in [2.75, 3.05) is 13.6 Å². The van der Waals surface area contributed by atoms with Crippen molar-refractivity contribution in [3.05, 3.63) is 41.5 Å². The number of benzene rings is 3. The molecule has 152 valence electrons. The van der Waals surface area contributed by atoms with Crippen molar-refractivity contribution in [2.45, 2.75) is 26.5 Å². The van der Waals surface area contributed by atoms with Gasteiger partial charge in [-0.15, -0.1) is 0 Å². The molecule has 0 saturated heterocycles. The van der Waals surface area contributed by atoms with Crippen LogP contribution in [0.15, 0.2) is 30.3 Å². The van der Waals surface area contributed by atoms with E-state index in [9.17, 15) is 4.79 Å². The highest BCUT2D eigenvalue weighted by atomic mass is 16.7. The Morgan fingerprint density at radius 1 is 0.933 bits per heavy atom. The number of nitrogens with one attached hydrogen (secondary N) is 1. The zero-order chi connectivity index (χ0) is 20.4. The van der Waals surface area contributed by atoms with E-state index in [0.29, 0.717) is 40.9 Å². The Morgan fingerprint density at radius 3 is 2.57 bits per heavy atom. The molecule has 0 aromatic heterocycles. The molecule has 0 fully saturated rings. The zero-order valence-corrected chi connectivity index (χ0v) is 16.5. The van der Waals surface area contributed by atoms with Crippen LogP contribution in [-0.2, 0) is 6.54 Å². The second-order valence-electron chi connectivity index (χ2n) is 7.70. The van der Waals surface area contributed by atoms with Crippen LogP contribution in [0, 0.1) is 0 Å². The Bertz CT molecular complexity index is 1230. The van der Waals surface area contributed by atoms with Gasteiger partial charge in [0, 0.05) is 17.3 Å². The predicted molar refractivity (Wildman–Crippen MR) is 109 cm³/mol. The lowest BCUT2D eigenvalue weighted by Crippen LogP contribution is -2.15. The van der Waals surface area contributed by atoms with Gasteiger partial charge in [-0.1, -0.05) is 6.07 Å². The van der Waals surface area contributed by atoms with Crippen LogP contribution in [0.3, 0.4) is 0 Å². The van der Waals surface area contributed by atoms with E-state index in [1.54, 1.807) is 0 Å². The van der Waals surface area contributed by atoms with Crippen molar-refractivity contribution in [3.63, 3.8) is 0 Å². The highest BCUT2D eigenvalue weighted by molar-refractivity contribution is 6.15. The highest BCUT2D eigenvalue weighted by Crippen LogP contribution is 2.51. The molecular weight excluding hydrogens is 386 g/mol. The summed E-state index contributed by atoms with van der Waals surface area (Å²) in [4.78, 5) is 12.8. The molecule has 0 aliphatic carbocycles. The number of ether oxygens (including phenoxy) is 5. The number of hydrogen-bond donors (Lipinski definition) is 1. The third-order valence-electron chi connectivity index (χ3n) is 5.53. The SMILES string of the molecule is CC(C)Oc1c2c(c(-c3ccc4c(c3)OCO4)c3c4c(ccc13)OCO4)CNC2=O. The summed E-state index contributed by atoms with van der Waals surface area (Å²) in [6, 6.07) is 9.60. The van der Waals surface area contributed by atoms with E-state index < -0.39 is 0 Å². The third-order valence-corrected chi connectivity index (χ3v) is 5.53. The molecule has 1 N–H and O–H groups in total. The number of amides is 1. The lowest BCUT2D eigenvalue weighted by Gasteiger charge is -2.20. The molecule has 6 rings (SSSR count). The first kappa shape index (κ1) is 17.3. The molecule has 3 heterocycles. The maximum atomic E-state index is 12.8. The van der Waals surface area contributed by atoms with Crippen LogP contribution in [0.5, 0.6) is 28.7 Å². The maximum Gasteiger partial charge on any atom is 0.255 e. The normalized spacial score (nSPS) is 15.6. The Balaban J connectivity index is 1.74. The van der Waals surface area contributed by atoms with Gasteiger partial charge in [-0.05, 0) is 54.8 Å². The van der Waals surface area contributed by atoms with Crippen LogP contribution in [-0.4, -0.2) is 25.6 Å². The van der Waals surface area contributed by atoms with Crippen molar-refractivity contribution in [1.82, 2.24) is 5.32 Å². The molecule has 7 heteroatoms. The first-order valence-corrected chi connectivity index (χ1v) is 9.88. The molecule has 0 spiro atoms. The fourth-order valence-electron chi connectivity index (χ4n) is 4.36. The molecule has 3 aliphatic heterocycles. The second kappa shape index (κ2) is 6.19. The number of carbonyl (C=O) groups excluding carboxylic acids is 1. The standard InChI is InChI=1S/C23H19NO6/c1-11(2)30-21-13-4-6-16-22(29-10-27-16)19(13)18(14-8-24-23(25)20(14)21)12-3-5-15-17(7-12)28-9-26-15/h3-7,11H,8-10H2,1-2H3,(H,24,25). The average molecular weight is 405 g/mol. The third kappa shape index (κ3) is 2.35. The molecule has 7 nitrogen and oxygen atoms in total. The molecule has 0 atom stereocenters. The molecule has 0 unspecified atom stereocenters. The number of fused-ring (bicyclic) bond motifs is 5. The molecule has 0 radical (unpaired) electrons. The van der Waals surface area contributed by atoms with Crippen LogP contribution in [0.1, 0.15) is 29.8 Å². The monoisotopic (exact) mass is 405 g/mol. The van der Waals surface area contributed by atoms with Crippen LogP contribution < -0.4 is 29.0 Å². The summed E-state index contributed by atoms with van der Waals surface area (Å²) in [7, 11) is 0. The molecule has 3 aliphatic rings. The summed E-state index contributed by atoms with van der Waals surface area (Å²) >= 11 is 0. The number of carbonyl (C=O) groups is 1.